The molecular weight excluding hydrogens is 394 g/mol. The number of amidine groups is 1. The predicted molar refractivity (Wildman–Crippen MR) is 126 cm³/mol. The van der Waals surface area contributed by atoms with Crippen LogP contribution in [0.2, 0.25) is 0 Å². The van der Waals surface area contributed by atoms with E-state index in [0.29, 0.717) is 11.7 Å². The molecule has 1 fully saturated rings. The first-order valence-corrected chi connectivity index (χ1v) is 11.2. The van der Waals surface area contributed by atoms with Crippen LogP contribution in [0.15, 0.2) is 41.4 Å². The molecule has 0 spiro atoms. The third-order valence-corrected chi connectivity index (χ3v) is 6.41. The van der Waals surface area contributed by atoms with Crippen molar-refractivity contribution in [2.24, 2.45) is 4.99 Å². The van der Waals surface area contributed by atoms with Gasteiger partial charge in [0.25, 0.3) is 0 Å². The Balaban J connectivity index is 1.80. The van der Waals surface area contributed by atoms with E-state index >= 15 is 0 Å². The highest BCUT2D eigenvalue weighted by Crippen LogP contribution is 2.34. The average molecular weight is 424 g/mol. The molecule has 1 N–H and O–H groups in total. The van der Waals surface area contributed by atoms with Gasteiger partial charge in [0.15, 0.2) is 5.17 Å². The molecule has 0 bridgehead atoms. The van der Waals surface area contributed by atoms with Gasteiger partial charge in [-0.3, -0.25) is 14.5 Å². The van der Waals surface area contributed by atoms with Gasteiger partial charge in [0.1, 0.15) is 5.25 Å². The van der Waals surface area contributed by atoms with E-state index in [9.17, 15) is 9.59 Å². The quantitative estimate of drug-likeness (QED) is 0.687. The Morgan fingerprint density at radius 3 is 2.17 bits per heavy atom. The van der Waals surface area contributed by atoms with Gasteiger partial charge in [-0.15, -0.1) is 0 Å². The van der Waals surface area contributed by atoms with Crippen molar-refractivity contribution in [3.63, 3.8) is 0 Å². The summed E-state index contributed by atoms with van der Waals surface area (Å²) in [6.45, 7) is 10.6. The molecule has 1 aliphatic heterocycles. The van der Waals surface area contributed by atoms with Gasteiger partial charge >= 0.3 is 0 Å². The summed E-state index contributed by atoms with van der Waals surface area (Å²) in [5, 5.41) is 3.22. The molecule has 0 aliphatic carbocycles. The van der Waals surface area contributed by atoms with E-state index in [-0.39, 0.29) is 18.2 Å². The van der Waals surface area contributed by atoms with Crippen LogP contribution in [-0.2, 0) is 9.59 Å². The number of para-hydroxylation sites is 2. The molecule has 0 radical (unpaired) electrons. The van der Waals surface area contributed by atoms with Crippen LogP contribution in [-0.4, -0.2) is 33.7 Å². The highest BCUT2D eigenvalue weighted by atomic mass is 32.2. The number of carbonyl (C=O) groups is 2. The number of hydrogen-bond acceptors (Lipinski definition) is 4. The van der Waals surface area contributed by atoms with E-state index in [2.05, 4.69) is 5.32 Å². The SMILES string of the molecule is CCCN1C(=O)C(CC(=O)Nc2c(C)cccc2C)SC1=Nc1c(C)cccc1C. The van der Waals surface area contributed by atoms with Crippen molar-refractivity contribution in [1.29, 1.82) is 0 Å². The Morgan fingerprint density at radius 1 is 1.03 bits per heavy atom. The van der Waals surface area contributed by atoms with Gasteiger partial charge in [-0.2, -0.15) is 0 Å². The van der Waals surface area contributed by atoms with Crippen LogP contribution in [0.3, 0.4) is 0 Å². The van der Waals surface area contributed by atoms with Crippen LogP contribution in [0.5, 0.6) is 0 Å². The first-order chi connectivity index (χ1) is 14.3. The highest BCUT2D eigenvalue weighted by Gasteiger charge is 2.38. The van der Waals surface area contributed by atoms with Gasteiger partial charge in [-0.25, -0.2) is 4.99 Å². The van der Waals surface area contributed by atoms with Crippen LogP contribution in [0, 0.1) is 27.7 Å². The zero-order chi connectivity index (χ0) is 21.8. The molecule has 3 rings (SSSR count). The van der Waals surface area contributed by atoms with Gasteiger partial charge in [0, 0.05) is 18.7 Å². The van der Waals surface area contributed by atoms with E-state index in [1.165, 1.54) is 11.8 Å². The van der Waals surface area contributed by atoms with Gasteiger partial charge in [-0.05, 0) is 56.4 Å². The lowest BCUT2D eigenvalue weighted by Crippen LogP contribution is -2.34. The third kappa shape index (κ3) is 4.75. The van der Waals surface area contributed by atoms with Crippen molar-refractivity contribution in [2.45, 2.75) is 52.7 Å². The fourth-order valence-electron chi connectivity index (χ4n) is 3.60. The van der Waals surface area contributed by atoms with Gasteiger partial charge in [0.05, 0.1) is 5.69 Å². The number of nitrogens with zero attached hydrogens (tertiary/aromatic N) is 2. The molecule has 158 valence electrons. The fraction of sp³-hybridized carbons (Fsp3) is 0.375. The van der Waals surface area contributed by atoms with Crippen molar-refractivity contribution in [3.05, 3.63) is 58.7 Å². The molecule has 0 aromatic heterocycles. The number of thioether (sulfide) groups is 1. The summed E-state index contributed by atoms with van der Waals surface area (Å²) in [5.74, 6) is -0.188. The molecule has 5 nitrogen and oxygen atoms in total. The summed E-state index contributed by atoms with van der Waals surface area (Å²) < 4.78 is 0. The Bertz CT molecular complexity index is 959. The predicted octanol–water partition coefficient (Wildman–Crippen LogP) is 5.29. The molecule has 2 aromatic rings. The topological polar surface area (TPSA) is 61.8 Å². The first-order valence-electron chi connectivity index (χ1n) is 10.3. The minimum Gasteiger partial charge on any atom is -0.326 e. The Hall–Kier alpha value is -2.60. The van der Waals surface area contributed by atoms with Crippen LogP contribution in [0.1, 0.15) is 42.0 Å². The highest BCUT2D eigenvalue weighted by molar-refractivity contribution is 8.15. The largest absolute Gasteiger partial charge is 0.326 e. The Kier molecular flexibility index (Phi) is 6.98. The molecule has 6 heteroatoms. The minimum absolute atomic E-state index is 0.0384. The maximum atomic E-state index is 13.0. The number of carbonyl (C=O) groups excluding carboxylic acids is 2. The number of benzene rings is 2. The molecule has 1 unspecified atom stereocenters. The van der Waals surface area contributed by atoms with E-state index in [1.54, 1.807) is 4.90 Å². The van der Waals surface area contributed by atoms with Crippen LogP contribution >= 0.6 is 11.8 Å². The smallest absolute Gasteiger partial charge is 0.242 e. The fourth-order valence-corrected chi connectivity index (χ4v) is 4.77. The van der Waals surface area contributed by atoms with E-state index in [4.69, 9.17) is 4.99 Å². The molecule has 30 heavy (non-hydrogen) atoms. The standard InChI is InChI=1S/C24H29N3O2S/c1-6-13-27-23(29)19(14-20(28)25-21-15(2)9-7-10-16(21)3)30-24(27)26-22-17(4)11-8-12-18(22)5/h7-12,19H,6,13-14H2,1-5H3,(H,25,28). The molecular formula is C24H29N3O2S. The number of rotatable bonds is 6. The number of anilines is 1. The van der Waals surface area contributed by atoms with Crippen molar-refractivity contribution >= 4 is 40.1 Å². The van der Waals surface area contributed by atoms with Crippen molar-refractivity contribution in [2.75, 3.05) is 11.9 Å². The van der Waals surface area contributed by atoms with Gasteiger partial charge in [0.2, 0.25) is 11.8 Å². The molecule has 0 saturated carbocycles. The number of amides is 2. The number of nitrogens with one attached hydrogen (secondary N) is 1. The zero-order valence-electron chi connectivity index (χ0n) is 18.3. The summed E-state index contributed by atoms with van der Waals surface area (Å²) in [5.41, 5.74) is 5.89. The number of aliphatic imine (C=N–C) groups is 1. The van der Waals surface area contributed by atoms with E-state index in [1.807, 2.05) is 71.0 Å². The summed E-state index contributed by atoms with van der Waals surface area (Å²) in [4.78, 5) is 32.3. The van der Waals surface area contributed by atoms with Gasteiger partial charge in [-0.1, -0.05) is 55.1 Å². The molecule has 1 heterocycles. The lowest BCUT2D eigenvalue weighted by atomic mass is 10.1. The summed E-state index contributed by atoms with van der Waals surface area (Å²) in [7, 11) is 0. The Labute approximate surface area is 183 Å². The second kappa shape index (κ2) is 9.47. The lowest BCUT2D eigenvalue weighted by molar-refractivity contribution is -0.128. The molecule has 2 aromatic carbocycles. The molecule has 2 amide bonds. The maximum absolute atomic E-state index is 13.0. The maximum Gasteiger partial charge on any atom is 0.242 e. The number of hydrogen-bond donors (Lipinski definition) is 1. The van der Waals surface area contributed by atoms with Crippen molar-refractivity contribution in [3.8, 4) is 0 Å². The molecule has 1 saturated heterocycles. The third-order valence-electron chi connectivity index (χ3n) is 5.23. The van der Waals surface area contributed by atoms with Crippen LogP contribution in [0.25, 0.3) is 0 Å². The van der Waals surface area contributed by atoms with Crippen molar-refractivity contribution < 1.29 is 9.59 Å². The number of aryl methyl sites for hydroxylation is 4. The summed E-state index contributed by atoms with van der Waals surface area (Å²) in [6, 6.07) is 12.0. The van der Waals surface area contributed by atoms with Crippen LogP contribution in [0.4, 0.5) is 11.4 Å². The summed E-state index contributed by atoms with van der Waals surface area (Å²) in [6.07, 6.45) is 0.961. The molecule has 1 atom stereocenters. The van der Waals surface area contributed by atoms with Crippen molar-refractivity contribution in [1.82, 2.24) is 4.90 Å². The second-order valence-corrected chi connectivity index (χ2v) is 8.92. The normalized spacial score (nSPS) is 17.6. The lowest BCUT2D eigenvalue weighted by Gasteiger charge is -2.16. The monoisotopic (exact) mass is 423 g/mol. The zero-order valence-corrected chi connectivity index (χ0v) is 19.1. The summed E-state index contributed by atoms with van der Waals surface area (Å²) >= 11 is 1.39. The van der Waals surface area contributed by atoms with E-state index < -0.39 is 5.25 Å². The second-order valence-electron chi connectivity index (χ2n) is 7.75. The molecule has 1 aliphatic rings. The van der Waals surface area contributed by atoms with E-state index in [0.717, 1.165) is 40.0 Å². The average Bonchev–Trinajstić information content (AvgIpc) is 2.97. The van der Waals surface area contributed by atoms with Crippen LogP contribution < -0.4 is 5.32 Å². The van der Waals surface area contributed by atoms with Gasteiger partial charge < -0.3 is 5.32 Å². The first kappa shape index (κ1) is 22.1. The Morgan fingerprint density at radius 2 is 1.60 bits per heavy atom. The minimum atomic E-state index is -0.455.